The molecular weight excluding hydrogens is 268 g/mol. The number of rotatable bonds is 6. The minimum Gasteiger partial charge on any atom is -0.388 e. The van der Waals surface area contributed by atoms with Crippen molar-refractivity contribution in [1.82, 2.24) is 20.3 Å². The number of aromatic nitrogens is 3. The van der Waals surface area contributed by atoms with E-state index in [2.05, 4.69) is 15.6 Å². The van der Waals surface area contributed by atoms with Gasteiger partial charge in [0.25, 0.3) is 5.91 Å². The van der Waals surface area contributed by atoms with Crippen molar-refractivity contribution < 1.29 is 9.90 Å². The molecule has 0 spiro atoms. The number of nitrogens with zero attached hydrogens (tertiary/aromatic N) is 3. The smallest absolute Gasteiger partial charge is 0.273 e. The highest BCUT2D eigenvalue weighted by molar-refractivity contribution is 5.91. The molecule has 0 aliphatic carbocycles. The normalized spacial score (nSPS) is 13.7. The zero-order valence-corrected chi connectivity index (χ0v) is 12.3. The molecule has 2 N–H and O–H groups in total. The summed E-state index contributed by atoms with van der Waals surface area (Å²) in [5.41, 5.74) is 0.447. The average Bonchev–Trinajstić information content (AvgIpc) is 2.91. The third kappa shape index (κ3) is 4.68. The van der Waals surface area contributed by atoms with Crippen LogP contribution < -0.4 is 5.32 Å². The molecule has 2 aromatic rings. The van der Waals surface area contributed by atoms with Crippen LogP contribution in [0.5, 0.6) is 0 Å². The van der Waals surface area contributed by atoms with Gasteiger partial charge in [-0.1, -0.05) is 35.5 Å². The molecule has 21 heavy (non-hydrogen) atoms. The van der Waals surface area contributed by atoms with Crippen LogP contribution >= 0.6 is 0 Å². The maximum atomic E-state index is 11.8. The number of aliphatic hydroxyl groups is 1. The fraction of sp³-hybridized carbons (Fsp3) is 0.400. The molecule has 6 heteroatoms. The number of carbonyl (C=O) groups excluding carboxylic acids is 1. The number of aryl methyl sites for hydroxylation is 2. The zero-order valence-electron chi connectivity index (χ0n) is 12.3. The third-order valence-electron chi connectivity index (χ3n) is 3.26. The van der Waals surface area contributed by atoms with Gasteiger partial charge in [-0.05, 0) is 25.3 Å². The largest absolute Gasteiger partial charge is 0.388 e. The van der Waals surface area contributed by atoms with E-state index in [-0.39, 0.29) is 18.1 Å². The van der Waals surface area contributed by atoms with Gasteiger partial charge in [-0.3, -0.25) is 9.48 Å². The number of amides is 1. The lowest BCUT2D eigenvalue weighted by Gasteiger charge is -2.23. The first-order chi connectivity index (χ1) is 9.96. The molecule has 0 radical (unpaired) electrons. The third-order valence-corrected chi connectivity index (χ3v) is 3.26. The van der Waals surface area contributed by atoms with E-state index in [1.54, 1.807) is 14.0 Å². The lowest BCUT2D eigenvalue weighted by atomic mass is 9.97. The summed E-state index contributed by atoms with van der Waals surface area (Å²) in [6, 6.07) is 9.95. The second-order valence-electron chi connectivity index (χ2n) is 5.44. The van der Waals surface area contributed by atoms with Crippen molar-refractivity contribution in [2.24, 2.45) is 7.05 Å². The maximum absolute atomic E-state index is 11.8. The summed E-state index contributed by atoms with van der Waals surface area (Å²) in [7, 11) is 1.69. The summed E-state index contributed by atoms with van der Waals surface area (Å²) in [6.45, 7) is 1.89. The van der Waals surface area contributed by atoms with Crippen LogP contribution in [0.2, 0.25) is 0 Å². The fourth-order valence-corrected chi connectivity index (χ4v) is 1.96. The predicted octanol–water partition coefficient (Wildman–Crippen LogP) is 0.929. The highest BCUT2D eigenvalue weighted by Crippen LogP contribution is 2.13. The minimum atomic E-state index is -0.965. The molecule has 112 valence electrons. The van der Waals surface area contributed by atoms with Gasteiger partial charge in [0.2, 0.25) is 0 Å². The van der Waals surface area contributed by atoms with Gasteiger partial charge >= 0.3 is 0 Å². The number of hydrogen-bond donors (Lipinski definition) is 2. The molecule has 0 aliphatic rings. The second kappa shape index (κ2) is 6.49. The number of hydrogen-bond acceptors (Lipinski definition) is 4. The van der Waals surface area contributed by atoms with Crippen LogP contribution in [0, 0.1) is 0 Å². The minimum absolute atomic E-state index is 0.176. The first-order valence-corrected chi connectivity index (χ1v) is 6.87. The highest BCUT2D eigenvalue weighted by Gasteiger charge is 2.22. The van der Waals surface area contributed by atoms with E-state index in [1.807, 2.05) is 30.3 Å². The van der Waals surface area contributed by atoms with E-state index in [0.29, 0.717) is 6.42 Å². The van der Waals surface area contributed by atoms with Gasteiger partial charge in [-0.25, -0.2) is 0 Å². The van der Waals surface area contributed by atoms with Crippen LogP contribution in [0.4, 0.5) is 0 Å². The molecule has 1 aromatic heterocycles. The predicted molar refractivity (Wildman–Crippen MR) is 78.7 cm³/mol. The molecule has 0 saturated heterocycles. The van der Waals surface area contributed by atoms with Crippen LogP contribution in [0.1, 0.15) is 29.4 Å². The number of carbonyl (C=O) groups is 1. The Morgan fingerprint density at radius 3 is 2.71 bits per heavy atom. The Labute approximate surface area is 123 Å². The first kappa shape index (κ1) is 15.2. The van der Waals surface area contributed by atoms with Crippen molar-refractivity contribution in [1.29, 1.82) is 0 Å². The molecule has 0 bridgehead atoms. The van der Waals surface area contributed by atoms with Crippen molar-refractivity contribution in [2.75, 3.05) is 6.54 Å². The quantitative estimate of drug-likeness (QED) is 0.828. The molecule has 2 rings (SSSR count). The standard InChI is InChI=1S/C15H20N4O2/c1-15(21,9-8-12-6-4-3-5-7-12)11-16-14(20)13-10-19(2)18-17-13/h3-7,10,21H,8-9,11H2,1-2H3,(H,16,20). The second-order valence-corrected chi connectivity index (χ2v) is 5.44. The van der Waals surface area contributed by atoms with Crippen LogP contribution in [0.25, 0.3) is 0 Å². The van der Waals surface area contributed by atoms with E-state index in [0.717, 1.165) is 12.0 Å². The molecule has 0 aliphatic heterocycles. The molecule has 1 amide bonds. The zero-order chi connectivity index (χ0) is 15.3. The Kier molecular flexibility index (Phi) is 4.70. The van der Waals surface area contributed by atoms with Crippen LogP contribution in [0.3, 0.4) is 0 Å². The molecule has 1 unspecified atom stereocenters. The van der Waals surface area contributed by atoms with Gasteiger partial charge in [-0.2, -0.15) is 0 Å². The summed E-state index contributed by atoms with van der Waals surface area (Å²) in [4.78, 5) is 11.8. The Hall–Kier alpha value is -2.21. The monoisotopic (exact) mass is 288 g/mol. The van der Waals surface area contributed by atoms with Gasteiger partial charge < -0.3 is 10.4 Å². The highest BCUT2D eigenvalue weighted by atomic mass is 16.3. The van der Waals surface area contributed by atoms with Crippen molar-refractivity contribution in [3.63, 3.8) is 0 Å². The molecule has 1 aromatic carbocycles. The Bertz CT molecular complexity index is 593. The van der Waals surface area contributed by atoms with Crippen molar-refractivity contribution in [2.45, 2.75) is 25.4 Å². The van der Waals surface area contributed by atoms with Gasteiger partial charge in [0.1, 0.15) is 0 Å². The van der Waals surface area contributed by atoms with Crippen LogP contribution in [-0.4, -0.2) is 38.2 Å². The summed E-state index contributed by atoms with van der Waals surface area (Å²) in [5.74, 6) is -0.330. The molecule has 6 nitrogen and oxygen atoms in total. The fourth-order valence-electron chi connectivity index (χ4n) is 1.96. The molecule has 1 atom stereocenters. The molecule has 0 saturated carbocycles. The Morgan fingerprint density at radius 2 is 2.10 bits per heavy atom. The van der Waals surface area contributed by atoms with E-state index < -0.39 is 5.60 Å². The van der Waals surface area contributed by atoms with E-state index >= 15 is 0 Å². The van der Waals surface area contributed by atoms with Crippen LogP contribution in [-0.2, 0) is 13.5 Å². The van der Waals surface area contributed by atoms with Gasteiger partial charge in [-0.15, -0.1) is 5.10 Å². The first-order valence-electron chi connectivity index (χ1n) is 6.87. The van der Waals surface area contributed by atoms with Gasteiger partial charge in [0.05, 0.1) is 11.8 Å². The summed E-state index contributed by atoms with van der Waals surface area (Å²) in [6.07, 6.45) is 2.86. The summed E-state index contributed by atoms with van der Waals surface area (Å²) in [5, 5.41) is 20.4. The van der Waals surface area contributed by atoms with Crippen molar-refractivity contribution >= 4 is 5.91 Å². The van der Waals surface area contributed by atoms with Crippen LogP contribution in [0.15, 0.2) is 36.5 Å². The summed E-state index contributed by atoms with van der Waals surface area (Å²) >= 11 is 0. The van der Waals surface area contributed by atoms with Gasteiger partial charge in [0, 0.05) is 13.6 Å². The van der Waals surface area contributed by atoms with Crippen molar-refractivity contribution in [3.05, 3.63) is 47.8 Å². The van der Waals surface area contributed by atoms with E-state index in [1.165, 1.54) is 10.9 Å². The van der Waals surface area contributed by atoms with Crippen molar-refractivity contribution in [3.8, 4) is 0 Å². The summed E-state index contributed by atoms with van der Waals surface area (Å²) < 4.78 is 1.46. The molecule has 0 fully saturated rings. The Balaban J connectivity index is 1.82. The average molecular weight is 288 g/mol. The lowest BCUT2D eigenvalue weighted by Crippen LogP contribution is -2.41. The van der Waals surface area contributed by atoms with E-state index in [9.17, 15) is 9.90 Å². The van der Waals surface area contributed by atoms with Gasteiger partial charge in [0.15, 0.2) is 5.69 Å². The topological polar surface area (TPSA) is 80.0 Å². The molecular formula is C15H20N4O2. The number of nitrogens with one attached hydrogen (secondary N) is 1. The molecule has 1 heterocycles. The lowest BCUT2D eigenvalue weighted by molar-refractivity contribution is 0.0477. The van der Waals surface area contributed by atoms with E-state index in [4.69, 9.17) is 0 Å². The Morgan fingerprint density at radius 1 is 1.38 bits per heavy atom. The SMILES string of the molecule is Cn1cc(C(=O)NCC(C)(O)CCc2ccccc2)nn1. The maximum Gasteiger partial charge on any atom is 0.273 e. The number of benzene rings is 1.